The Hall–Kier alpha value is -2.14. The molecule has 0 fully saturated rings. The van der Waals surface area contributed by atoms with Crippen molar-refractivity contribution in [2.24, 2.45) is 5.92 Å². The van der Waals surface area contributed by atoms with Gasteiger partial charge >= 0.3 is 0 Å². The van der Waals surface area contributed by atoms with Gasteiger partial charge in [-0.25, -0.2) is 0 Å². The quantitative estimate of drug-likeness (QED) is 0.862. The molecule has 2 heterocycles. The second-order valence-electron chi connectivity index (χ2n) is 6.87. The van der Waals surface area contributed by atoms with Crippen molar-refractivity contribution in [3.05, 3.63) is 52.2 Å². The van der Waals surface area contributed by atoms with Gasteiger partial charge in [0, 0.05) is 17.1 Å². The lowest BCUT2D eigenvalue weighted by molar-refractivity contribution is -0.127. The maximum atomic E-state index is 13.1. The SMILES string of the molecule is CC(C)C[C@H](NC(=O)Cc1cccs1)C(=O)N1CCc2ccccc21. The largest absolute Gasteiger partial charge is 0.344 e. The van der Waals surface area contributed by atoms with Gasteiger partial charge in [-0.05, 0) is 41.8 Å². The number of nitrogens with zero attached hydrogens (tertiary/aromatic N) is 1. The minimum absolute atomic E-state index is 0.00169. The molecule has 5 heteroatoms. The molecule has 1 aliphatic heterocycles. The highest BCUT2D eigenvalue weighted by Gasteiger charge is 2.31. The van der Waals surface area contributed by atoms with E-state index in [0.29, 0.717) is 25.3 Å². The number of anilines is 1. The molecule has 0 aliphatic carbocycles. The molecular weight excluding hydrogens is 332 g/mol. The Kier molecular flexibility index (Phi) is 5.53. The van der Waals surface area contributed by atoms with Crippen LogP contribution < -0.4 is 10.2 Å². The van der Waals surface area contributed by atoms with Crippen molar-refractivity contribution in [1.29, 1.82) is 0 Å². The molecule has 0 spiro atoms. The lowest BCUT2D eigenvalue weighted by Crippen LogP contribution is -2.49. The fourth-order valence-corrected chi connectivity index (χ4v) is 3.97. The van der Waals surface area contributed by atoms with E-state index in [4.69, 9.17) is 0 Å². The van der Waals surface area contributed by atoms with E-state index < -0.39 is 6.04 Å². The number of para-hydroxylation sites is 1. The Morgan fingerprint density at radius 3 is 2.72 bits per heavy atom. The minimum Gasteiger partial charge on any atom is -0.344 e. The smallest absolute Gasteiger partial charge is 0.249 e. The Labute approximate surface area is 152 Å². The standard InChI is InChI=1S/C20H24N2O2S/c1-14(2)12-17(21-19(23)13-16-7-5-11-25-16)20(24)22-10-9-15-6-3-4-8-18(15)22/h3-8,11,14,17H,9-10,12-13H2,1-2H3,(H,21,23)/t17-/m0/s1. The van der Waals surface area contributed by atoms with Gasteiger partial charge in [0.2, 0.25) is 11.8 Å². The molecule has 1 aromatic heterocycles. The highest BCUT2D eigenvalue weighted by atomic mass is 32.1. The molecule has 0 saturated heterocycles. The van der Waals surface area contributed by atoms with Gasteiger partial charge in [0.05, 0.1) is 6.42 Å². The topological polar surface area (TPSA) is 49.4 Å². The number of rotatable bonds is 6. The van der Waals surface area contributed by atoms with Crippen LogP contribution >= 0.6 is 11.3 Å². The van der Waals surface area contributed by atoms with Crippen LogP contribution in [0, 0.1) is 5.92 Å². The molecule has 132 valence electrons. The van der Waals surface area contributed by atoms with Crippen LogP contribution in [0.1, 0.15) is 30.7 Å². The third-order valence-electron chi connectivity index (χ3n) is 4.41. The second kappa shape index (κ2) is 7.83. The number of fused-ring (bicyclic) bond motifs is 1. The zero-order valence-corrected chi connectivity index (χ0v) is 15.5. The number of carbonyl (C=O) groups is 2. The van der Waals surface area contributed by atoms with E-state index in [1.165, 1.54) is 5.56 Å². The number of carbonyl (C=O) groups excluding carboxylic acids is 2. The van der Waals surface area contributed by atoms with Crippen molar-refractivity contribution in [3.63, 3.8) is 0 Å². The van der Waals surface area contributed by atoms with Crippen LogP contribution in [0.2, 0.25) is 0 Å². The summed E-state index contributed by atoms with van der Waals surface area (Å²) in [7, 11) is 0. The first-order chi connectivity index (χ1) is 12.0. The first-order valence-corrected chi connectivity index (χ1v) is 9.63. The summed E-state index contributed by atoms with van der Waals surface area (Å²) in [6.07, 6.45) is 1.85. The van der Waals surface area contributed by atoms with Gasteiger partial charge in [0.15, 0.2) is 0 Å². The number of benzene rings is 1. The zero-order valence-electron chi connectivity index (χ0n) is 14.7. The molecule has 2 aromatic rings. The lowest BCUT2D eigenvalue weighted by Gasteiger charge is -2.26. The molecular formula is C20H24N2O2S. The van der Waals surface area contributed by atoms with Crippen molar-refractivity contribution in [2.45, 2.75) is 39.2 Å². The van der Waals surface area contributed by atoms with Gasteiger partial charge in [0.25, 0.3) is 0 Å². The van der Waals surface area contributed by atoms with E-state index in [-0.39, 0.29) is 11.8 Å². The fourth-order valence-electron chi connectivity index (χ4n) is 3.26. The Balaban J connectivity index is 1.72. The summed E-state index contributed by atoms with van der Waals surface area (Å²) in [5.74, 6) is 0.237. The van der Waals surface area contributed by atoms with Crippen LogP contribution in [-0.2, 0) is 22.4 Å². The van der Waals surface area contributed by atoms with Crippen molar-refractivity contribution in [3.8, 4) is 0 Å². The van der Waals surface area contributed by atoms with Gasteiger partial charge in [-0.2, -0.15) is 0 Å². The average Bonchev–Trinajstić information content (AvgIpc) is 3.22. The number of hydrogen-bond donors (Lipinski definition) is 1. The normalized spacial score (nSPS) is 14.4. The van der Waals surface area contributed by atoms with Gasteiger partial charge in [0.1, 0.15) is 6.04 Å². The van der Waals surface area contributed by atoms with E-state index in [1.807, 2.05) is 40.6 Å². The van der Waals surface area contributed by atoms with Crippen LogP contribution in [-0.4, -0.2) is 24.4 Å². The first kappa shape index (κ1) is 17.7. The summed E-state index contributed by atoms with van der Waals surface area (Å²) in [6.45, 7) is 4.83. The lowest BCUT2D eigenvalue weighted by atomic mass is 10.0. The van der Waals surface area contributed by atoms with Gasteiger partial charge < -0.3 is 10.2 Å². The van der Waals surface area contributed by atoms with Crippen molar-refractivity contribution < 1.29 is 9.59 Å². The van der Waals surface area contributed by atoms with Crippen molar-refractivity contribution >= 4 is 28.8 Å². The molecule has 1 aliphatic rings. The molecule has 0 radical (unpaired) electrons. The molecule has 0 saturated carbocycles. The maximum Gasteiger partial charge on any atom is 0.249 e. The summed E-state index contributed by atoms with van der Waals surface area (Å²) in [5.41, 5.74) is 2.18. The summed E-state index contributed by atoms with van der Waals surface area (Å²) < 4.78 is 0. The van der Waals surface area contributed by atoms with E-state index in [2.05, 4.69) is 25.2 Å². The minimum atomic E-state index is -0.474. The van der Waals surface area contributed by atoms with Crippen LogP contribution in [0.3, 0.4) is 0 Å². The van der Waals surface area contributed by atoms with Crippen LogP contribution in [0.15, 0.2) is 41.8 Å². The summed E-state index contributed by atoms with van der Waals surface area (Å²) in [6, 6.07) is 11.4. The van der Waals surface area contributed by atoms with Crippen LogP contribution in [0.5, 0.6) is 0 Å². The molecule has 2 amide bonds. The molecule has 4 nitrogen and oxygen atoms in total. The molecule has 1 atom stereocenters. The number of amides is 2. The van der Waals surface area contributed by atoms with E-state index >= 15 is 0 Å². The molecule has 1 N–H and O–H groups in total. The average molecular weight is 356 g/mol. The predicted octanol–water partition coefficient (Wildman–Crippen LogP) is 3.41. The zero-order chi connectivity index (χ0) is 17.8. The molecule has 0 bridgehead atoms. The summed E-state index contributed by atoms with van der Waals surface area (Å²) in [4.78, 5) is 28.3. The molecule has 1 aromatic carbocycles. The second-order valence-corrected chi connectivity index (χ2v) is 7.91. The first-order valence-electron chi connectivity index (χ1n) is 8.75. The monoisotopic (exact) mass is 356 g/mol. The summed E-state index contributed by atoms with van der Waals surface area (Å²) in [5, 5.41) is 4.93. The predicted molar refractivity (Wildman–Crippen MR) is 102 cm³/mol. The third kappa shape index (κ3) is 4.28. The van der Waals surface area contributed by atoms with Gasteiger partial charge in [-0.3, -0.25) is 9.59 Å². The van der Waals surface area contributed by atoms with E-state index in [0.717, 1.165) is 17.0 Å². The van der Waals surface area contributed by atoms with E-state index in [9.17, 15) is 9.59 Å². The van der Waals surface area contributed by atoms with Crippen LogP contribution in [0.4, 0.5) is 5.69 Å². The van der Waals surface area contributed by atoms with Gasteiger partial charge in [-0.1, -0.05) is 38.1 Å². The fraction of sp³-hybridized carbons (Fsp3) is 0.400. The van der Waals surface area contributed by atoms with Crippen LogP contribution in [0.25, 0.3) is 0 Å². The third-order valence-corrected chi connectivity index (χ3v) is 5.28. The maximum absolute atomic E-state index is 13.1. The molecule has 0 unspecified atom stereocenters. The Morgan fingerprint density at radius 2 is 2.00 bits per heavy atom. The number of hydrogen-bond acceptors (Lipinski definition) is 3. The van der Waals surface area contributed by atoms with Gasteiger partial charge in [-0.15, -0.1) is 11.3 Å². The number of thiophene rings is 1. The van der Waals surface area contributed by atoms with Crippen molar-refractivity contribution in [2.75, 3.05) is 11.4 Å². The Bertz CT molecular complexity index is 740. The summed E-state index contributed by atoms with van der Waals surface area (Å²) >= 11 is 1.56. The number of nitrogens with one attached hydrogen (secondary N) is 1. The highest BCUT2D eigenvalue weighted by Crippen LogP contribution is 2.28. The Morgan fingerprint density at radius 1 is 1.20 bits per heavy atom. The molecule has 3 rings (SSSR count). The van der Waals surface area contributed by atoms with E-state index in [1.54, 1.807) is 11.3 Å². The highest BCUT2D eigenvalue weighted by molar-refractivity contribution is 7.10. The van der Waals surface area contributed by atoms with Crippen molar-refractivity contribution in [1.82, 2.24) is 5.32 Å². The molecule has 25 heavy (non-hydrogen) atoms.